The molecule has 0 aliphatic heterocycles. The van der Waals surface area contributed by atoms with Gasteiger partial charge in [0, 0.05) is 75.2 Å². The fraction of sp³-hybridized carbons (Fsp3) is 0. The van der Waals surface area contributed by atoms with Crippen molar-refractivity contribution in [1.82, 2.24) is 24.1 Å². The van der Waals surface area contributed by atoms with Crippen LogP contribution in [0.5, 0.6) is 0 Å². The fourth-order valence-corrected chi connectivity index (χ4v) is 10.6. The highest BCUT2D eigenvalue weighted by atomic mass is 32.1. The summed E-state index contributed by atoms with van der Waals surface area (Å²) in [5.74, 6) is 1.93. The van der Waals surface area contributed by atoms with Gasteiger partial charge in [-0.05, 0) is 66.0 Å². The lowest BCUT2D eigenvalue weighted by Gasteiger charge is -2.14. The SMILES string of the molecule is c1ccc(-c2nc(-c3ccccc3)nc(-c3cc4c5ccccc5sc4c4ccc(-n5c6ccccc6c6cc7c8ccccc8n(-c8ccccc8)c7cc65)cc34)n2)cc1. The minimum absolute atomic E-state index is 0.642. The molecule has 0 N–H and O–H groups in total. The van der Waals surface area contributed by atoms with Crippen molar-refractivity contribution in [2.45, 2.75) is 0 Å². The smallest absolute Gasteiger partial charge is 0.164 e. The average molecular weight is 796 g/mol. The molecular formula is C55H33N5S. The van der Waals surface area contributed by atoms with E-state index in [0.29, 0.717) is 17.5 Å². The number of para-hydroxylation sites is 3. The first-order valence-electron chi connectivity index (χ1n) is 20.5. The van der Waals surface area contributed by atoms with Crippen LogP contribution in [0.25, 0.3) is 120 Å². The number of aromatic nitrogens is 5. The van der Waals surface area contributed by atoms with Crippen molar-refractivity contribution in [3.63, 3.8) is 0 Å². The molecule has 9 aromatic carbocycles. The maximum absolute atomic E-state index is 5.28. The summed E-state index contributed by atoms with van der Waals surface area (Å²) in [6.07, 6.45) is 0. The highest BCUT2D eigenvalue weighted by molar-refractivity contribution is 7.26. The number of hydrogen-bond acceptors (Lipinski definition) is 4. The van der Waals surface area contributed by atoms with Gasteiger partial charge < -0.3 is 9.13 Å². The lowest BCUT2D eigenvalue weighted by molar-refractivity contribution is 1.08. The van der Waals surface area contributed by atoms with Crippen molar-refractivity contribution in [1.29, 1.82) is 0 Å². The molecule has 0 aliphatic rings. The molecule has 0 saturated heterocycles. The third-order valence-corrected chi connectivity index (χ3v) is 13.4. The van der Waals surface area contributed by atoms with Crippen molar-refractivity contribution >= 4 is 85.9 Å². The van der Waals surface area contributed by atoms with Gasteiger partial charge >= 0.3 is 0 Å². The van der Waals surface area contributed by atoms with Crippen LogP contribution in [0, 0.1) is 0 Å². The van der Waals surface area contributed by atoms with Gasteiger partial charge in [-0.15, -0.1) is 11.3 Å². The first-order valence-corrected chi connectivity index (χ1v) is 21.3. The third kappa shape index (κ3) is 5.22. The first kappa shape index (κ1) is 34.0. The number of rotatable bonds is 5. The van der Waals surface area contributed by atoms with Crippen LogP contribution in [0.15, 0.2) is 200 Å². The third-order valence-electron chi connectivity index (χ3n) is 12.1. The van der Waals surface area contributed by atoms with Gasteiger partial charge in [0.05, 0.1) is 22.1 Å². The Labute approximate surface area is 354 Å². The van der Waals surface area contributed by atoms with Gasteiger partial charge in [-0.1, -0.05) is 140 Å². The van der Waals surface area contributed by atoms with E-state index in [9.17, 15) is 0 Å². The van der Waals surface area contributed by atoms with Crippen molar-refractivity contribution in [2.24, 2.45) is 0 Å². The molecule has 61 heavy (non-hydrogen) atoms. The van der Waals surface area contributed by atoms with Crippen molar-refractivity contribution in [3.05, 3.63) is 200 Å². The van der Waals surface area contributed by atoms with Gasteiger partial charge in [-0.3, -0.25) is 0 Å². The number of thiophene rings is 1. The summed E-state index contributed by atoms with van der Waals surface area (Å²) in [5, 5.41) is 9.61. The standard InChI is InChI=1S/C55H33N5S/c1-4-16-34(17-5-1)53-56-54(35-18-6-2-7-19-35)58-55(57-53)46-32-45-40-24-12-15-27-51(40)61-52(45)41-29-28-37(30-42(41)46)60-48-26-14-11-23-39(48)44-31-43-38-22-10-13-25-47(38)59(49(43)33-50(44)60)36-20-8-3-9-21-36/h1-33H. The van der Waals surface area contributed by atoms with Gasteiger partial charge in [0.2, 0.25) is 0 Å². The average Bonchev–Trinajstić information content (AvgIpc) is 3.98. The molecule has 6 heteroatoms. The van der Waals surface area contributed by atoms with Crippen LogP contribution in [0.1, 0.15) is 0 Å². The molecule has 0 spiro atoms. The Morgan fingerprint density at radius 1 is 0.311 bits per heavy atom. The highest BCUT2D eigenvalue weighted by Gasteiger charge is 2.22. The number of hydrogen-bond donors (Lipinski definition) is 0. The summed E-state index contributed by atoms with van der Waals surface area (Å²) in [4.78, 5) is 15.6. The lowest BCUT2D eigenvalue weighted by Crippen LogP contribution is -2.01. The zero-order chi connectivity index (χ0) is 40.0. The van der Waals surface area contributed by atoms with Crippen molar-refractivity contribution < 1.29 is 0 Å². The summed E-state index contributed by atoms with van der Waals surface area (Å²) in [7, 11) is 0. The van der Waals surface area contributed by atoms with Crippen LogP contribution >= 0.6 is 11.3 Å². The zero-order valence-electron chi connectivity index (χ0n) is 32.7. The van der Waals surface area contributed by atoms with E-state index in [1.807, 2.05) is 47.7 Å². The van der Waals surface area contributed by atoms with Crippen LogP contribution in [0.3, 0.4) is 0 Å². The quantitative estimate of drug-likeness (QED) is 0.174. The Hall–Kier alpha value is -7.93. The van der Waals surface area contributed by atoms with Gasteiger partial charge in [0.15, 0.2) is 17.5 Å². The van der Waals surface area contributed by atoms with Crippen LogP contribution in [0.2, 0.25) is 0 Å². The van der Waals surface area contributed by atoms with Crippen molar-refractivity contribution in [2.75, 3.05) is 0 Å². The molecule has 284 valence electrons. The Bertz CT molecular complexity index is 3810. The molecule has 0 fully saturated rings. The second kappa shape index (κ2) is 13.3. The molecule has 0 amide bonds. The molecule has 0 bridgehead atoms. The van der Waals surface area contributed by atoms with Crippen LogP contribution < -0.4 is 0 Å². The molecule has 4 heterocycles. The molecular weight excluding hydrogens is 763 g/mol. The van der Waals surface area contributed by atoms with Crippen LogP contribution in [-0.4, -0.2) is 24.1 Å². The maximum atomic E-state index is 5.28. The molecule has 4 aromatic heterocycles. The van der Waals surface area contributed by atoms with Gasteiger partial charge in [-0.25, -0.2) is 15.0 Å². The predicted octanol–water partition coefficient (Wildman–Crippen LogP) is 14.6. The molecule has 0 aliphatic carbocycles. The number of benzene rings is 9. The van der Waals surface area contributed by atoms with E-state index in [4.69, 9.17) is 15.0 Å². The number of fused-ring (bicyclic) bond motifs is 11. The van der Waals surface area contributed by atoms with Crippen molar-refractivity contribution in [3.8, 4) is 45.5 Å². The lowest BCUT2D eigenvalue weighted by atomic mass is 9.99. The summed E-state index contributed by atoms with van der Waals surface area (Å²) in [6.45, 7) is 0. The largest absolute Gasteiger partial charge is 0.309 e. The second-order valence-electron chi connectivity index (χ2n) is 15.6. The van der Waals surface area contributed by atoms with E-state index in [1.165, 1.54) is 58.1 Å². The van der Waals surface area contributed by atoms with E-state index in [0.717, 1.165) is 44.5 Å². The summed E-state index contributed by atoms with van der Waals surface area (Å²) in [6, 6.07) is 71.4. The second-order valence-corrected chi connectivity index (χ2v) is 16.6. The Kier molecular flexibility index (Phi) is 7.41. The van der Waals surface area contributed by atoms with Crippen LogP contribution in [0.4, 0.5) is 0 Å². The predicted molar refractivity (Wildman–Crippen MR) is 255 cm³/mol. The topological polar surface area (TPSA) is 48.5 Å². The minimum atomic E-state index is 0.642. The van der Waals surface area contributed by atoms with E-state index in [1.54, 1.807) is 0 Å². The number of nitrogens with zero attached hydrogens (tertiary/aromatic N) is 5. The van der Waals surface area contributed by atoms with Gasteiger partial charge in [0.25, 0.3) is 0 Å². The molecule has 13 aromatic rings. The van der Waals surface area contributed by atoms with E-state index in [-0.39, 0.29) is 0 Å². The fourth-order valence-electron chi connectivity index (χ4n) is 9.40. The molecule has 0 radical (unpaired) electrons. The first-order chi connectivity index (χ1) is 30.2. The van der Waals surface area contributed by atoms with Crippen LogP contribution in [-0.2, 0) is 0 Å². The summed E-state index contributed by atoms with van der Waals surface area (Å²) >= 11 is 1.84. The Morgan fingerprint density at radius 3 is 1.48 bits per heavy atom. The molecule has 13 rings (SSSR count). The normalized spacial score (nSPS) is 11.9. The van der Waals surface area contributed by atoms with E-state index in [2.05, 4.69) is 173 Å². The minimum Gasteiger partial charge on any atom is -0.309 e. The Balaban J connectivity index is 1.13. The van der Waals surface area contributed by atoms with Gasteiger partial charge in [0.1, 0.15) is 0 Å². The maximum Gasteiger partial charge on any atom is 0.164 e. The Morgan fingerprint density at radius 2 is 0.836 bits per heavy atom. The highest BCUT2D eigenvalue weighted by Crippen LogP contribution is 2.45. The molecule has 0 saturated carbocycles. The molecule has 0 unspecified atom stereocenters. The zero-order valence-corrected chi connectivity index (χ0v) is 33.5. The molecule has 0 atom stereocenters. The van der Waals surface area contributed by atoms with Gasteiger partial charge in [-0.2, -0.15) is 0 Å². The van der Waals surface area contributed by atoms with E-state index < -0.39 is 0 Å². The monoisotopic (exact) mass is 795 g/mol. The molecule has 5 nitrogen and oxygen atoms in total. The van der Waals surface area contributed by atoms with E-state index >= 15 is 0 Å². The summed E-state index contributed by atoms with van der Waals surface area (Å²) in [5.41, 5.74) is 9.74. The summed E-state index contributed by atoms with van der Waals surface area (Å²) < 4.78 is 7.35.